The molecule has 6 nitrogen and oxygen atoms in total. The fraction of sp³-hybridized carbons (Fsp3) is 0.667. The van der Waals surface area contributed by atoms with Gasteiger partial charge in [0, 0.05) is 6.54 Å². The van der Waals surface area contributed by atoms with Crippen LogP contribution in [-0.4, -0.2) is 41.4 Å². The highest BCUT2D eigenvalue weighted by Crippen LogP contribution is 2.19. The molecule has 1 fully saturated rings. The van der Waals surface area contributed by atoms with Gasteiger partial charge >= 0.3 is 12.0 Å². The van der Waals surface area contributed by atoms with Crippen LogP contribution in [0.15, 0.2) is 0 Å². The Morgan fingerprint density at radius 1 is 1.50 bits per heavy atom. The molecule has 1 heterocycles. The molecule has 2 amide bonds. The average Bonchev–Trinajstić information content (AvgIpc) is 2.74. The predicted molar refractivity (Wildman–Crippen MR) is 65.0 cm³/mol. The fourth-order valence-corrected chi connectivity index (χ4v) is 1.61. The maximum absolute atomic E-state index is 11.5. The lowest BCUT2D eigenvalue weighted by molar-refractivity contribution is -0.149. The van der Waals surface area contributed by atoms with Gasteiger partial charge in [0.25, 0.3) is 0 Å². The minimum atomic E-state index is -0.963. The Kier molecular flexibility index (Phi) is 4.56. The number of carboxylic acids is 1. The molecule has 1 aliphatic heterocycles. The lowest BCUT2D eigenvalue weighted by atomic mass is 10.1. The summed E-state index contributed by atoms with van der Waals surface area (Å²) in [5, 5.41) is 14.0. The van der Waals surface area contributed by atoms with E-state index in [0.717, 1.165) is 0 Å². The number of hydrogen-bond donors (Lipinski definition) is 3. The van der Waals surface area contributed by atoms with Crippen molar-refractivity contribution in [2.45, 2.75) is 44.4 Å². The first-order valence-corrected chi connectivity index (χ1v) is 5.76. The second-order valence-corrected chi connectivity index (χ2v) is 4.77. The van der Waals surface area contributed by atoms with Crippen molar-refractivity contribution in [1.29, 1.82) is 0 Å². The smallest absolute Gasteiger partial charge is 0.332 e. The van der Waals surface area contributed by atoms with Gasteiger partial charge in [-0.25, -0.2) is 9.59 Å². The van der Waals surface area contributed by atoms with Crippen LogP contribution < -0.4 is 10.6 Å². The van der Waals surface area contributed by atoms with Crippen molar-refractivity contribution in [2.75, 3.05) is 6.54 Å². The molecule has 1 aliphatic rings. The third-order valence-electron chi connectivity index (χ3n) is 2.66. The predicted octanol–water partition coefficient (Wildman–Crippen LogP) is 0.330. The van der Waals surface area contributed by atoms with E-state index in [4.69, 9.17) is 16.3 Å². The summed E-state index contributed by atoms with van der Waals surface area (Å²) in [6.07, 6.45) is 5.31. The van der Waals surface area contributed by atoms with Crippen LogP contribution in [0, 0.1) is 12.3 Å². The Hall–Kier alpha value is -1.74. The van der Waals surface area contributed by atoms with E-state index in [1.807, 2.05) is 0 Å². The number of ether oxygens (including phenoxy) is 1. The van der Waals surface area contributed by atoms with E-state index in [-0.39, 0.29) is 18.7 Å². The SMILES string of the molecule is C#CC(C)(C)NC(=O)NCC1CCC(C(=O)O)O1. The number of terminal acetylenes is 1. The van der Waals surface area contributed by atoms with Crippen molar-refractivity contribution >= 4 is 12.0 Å². The van der Waals surface area contributed by atoms with Crippen molar-refractivity contribution in [3.05, 3.63) is 0 Å². The molecule has 0 aliphatic carbocycles. The number of aliphatic carboxylic acids is 1. The van der Waals surface area contributed by atoms with Gasteiger partial charge in [-0.15, -0.1) is 6.42 Å². The van der Waals surface area contributed by atoms with Gasteiger partial charge in [0.2, 0.25) is 0 Å². The normalized spacial score (nSPS) is 23.2. The highest BCUT2D eigenvalue weighted by atomic mass is 16.5. The maximum Gasteiger partial charge on any atom is 0.332 e. The molecule has 0 aromatic rings. The number of rotatable bonds is 4. The van der Waals surface area contributed by atoms with Crippen LogP contribution in [-0.2, 0) is 9.53 Å². The number of urea groups is 1. The maximum atomic E-state index is 11.5. The van der Waals surface area contributed by atoms with Gasteiger partial charge in [-0.3, -0.25) is 0 Å². The van der Waals surface area contributed by atoms with E-state index in [1.54, 1.807) is 13.8 Å². The molecule has 2 unspecified atom stereocenters. The molecular formula is C12H18N2O4. The summed E-state index contributed by atoms with van der Waals surface area (Å²) in [5.74, 6) is 1.48. The van der Waals surface area contributed by atoms with Crippen molar-refractivity contribution in [1.82, 2.24) is 10.6 Å². The van der Waals surface area contributed by atoms with Gasteiger partial charge < -0.3 is 20.5 Å². The monoisotopic (exact) mass is 254 g/mol. The molecule has 0 saturated carbocycles. The summed E-state index contributed by atoms with van der Waals surface area (Å²) < 4.78 is 5.25. The topological polar surface area (TPSA) is 87.7 Å². The quantitative estimate of drug-likeness (QED) is 0.631. The zero-order valence-electron chi connectivity index (χ0n) is 10.5. The largest absolute Gasteiger partial charge is 0.479 e. The standard InChI is InChI=1S/C12H18N2O4/c1-4-12(2,3)14-11(17)13-7-8-5-6-9(18-8)10(15)16/h1,8-9H,5-7H2,2-3H3,(H,15,16)(H2,13,14,17). The van der Waals surface area contributed by atoms with Gasteiger partial charge in [-0.2, -0.15) is 0 Å². The molecule has 6 heteroatoms. The van der Waals surface area contributed by atoms with Gasteiger partial charge in [0.05, 0.1) is 11.6 Å². The van der Waals surface area contributed by atoms with E-state index in [9.17, 15) is 9.59 Å². The van der Waals surface area contributed by atoms with Crippen LogP contribution in [0.25, 0.3) is 0 Å². The van der Waals surface area contributed by atoms with Crippen LogP contribution in [0.1, 0.15) is 26.7 Å². The fourth-order valence-electron chi connectivity index (χ4n) is 1.61. The number of amides is 2. The molecule has 2 atom stereocenters. The summed E-state index contributed by atoms with van der Waals surface area (Å²) in [4.78, 5) is 22.2. The first kappa shape index (κ1) is 14.3. The zero-order valence-corrected chi connectivity index (χ0v) is 10.5. The molecule has 3 N–H and O–H groups in total. The Morgan fingerprint density at radius 3 is 2.67 bits per heavy atom. The number of hydrogen-bond acceptors (Lipinski definition) is 3. The lowest BCUT2D eigenvalue weighted by Crippen LogP contribution is -2.49. The average molecular weight is 254 g/mol. The van der Waals surface area contributed by atoms with Gasteiger partial charge in [0.1, 0.15) is 0 Å². The van der Waals surface area contributed by atoms with E-state index < -0.39 is 17.6 Å². The van der Waals surface area contributed by atoms with Crippen LogP contribution in [0.4, 0.5) is 4.79 Å². The molecule has 1 rings (SSSR count). The number of carbonyl (C=O) groups is 2. The Labute approximate surface area is 106 Å². The Bertz CT molecular complexity index is 373. The Balaban J connectivity index is 2.29. The van der Waals surface area contributed by atoms with Crippen molar-refractivity contribution < 1.29 is 19.4 Å². The first-order valence-electron chi connectivity index (χ1n) is 5.76. The Morgan fingerprint density at radius 2 is 2.17 bits per heavy atom. The van der Waals surface area contributed by atoms with E-state index in [1.165, 1.54) is 0 Å². The summed E-state index contributed by atoms with van der Waals surface area (Å²) in [6.45, 7) is 3.69. The van der Waals surface area contributed by atoms with E-state index in [0.29, 0.717) is 12.8 Å². The molecule has 0 spiro atoms. The molecule has 0 radical (unpaired) electrons. The second-order valence-electron chi connectivity index (χ2n) is 4.77. The molecule has 1 saturated heterocycles. The van der Waals surface area contributed by atoms with Crippen LogP contribution >= 0.6 is 0 Å². The van der Waals surface area contributed by atoms with Gasteiger partial charge in [-0.1, -0.05) is 5.92 Å². The molecular weight excluding hydrogens is 236 g/mol. The molecule has 100 valence electrons. The van der Waals surface area contributed by atoms with E-state index in [2.05, 4.69) is 16.6 Å². The van der Waals surface area contributed by atoms with E-state index >= 15 is 0 Å². The lowest BCUT2D eigenvalue weighted by Gasteiger charge is -2.20. The summed E-state index contributed by atoms with van der Waals surface area (Å²) in [5.41, 5.74) is -0.718. The van der Waals surface area contributed by atoms with Crippen LogP contribution in [0.5, 0.6) is 0 Å². The summed E-state index contributed by atoms with van der Waals surface area (Å²) >= 11 is 0. The van der Waals surface area contributed by atoms with Crippen molar-refractivity contribution in [2.24, 2.45) is 0 Å². The number of nitrogens with one attached hydrogen (secondary N) is 2. The number of carboxylic acid groups (broad SMARTS) is 1. The summed E-state index contributed by atoms with van der Waals surface area (Å²) in [6, 6.07) is -0.389. The second kappa shape index (κ2) is 5.74. The van der Waals surface area contributed by atoms with Crippen LogP contribution in [0.3, 0.4) is 0 Å². The van der Waals surface area contributed by atoms with Crippen molar-refractivity contribution in [3.8, 4) is 12.3 Å². The number of carbonyl (C=O) groups excluding carboxylic acids is 1. The van der Waals surface area contributed by atoms with Crippen LogP contribution in [0.2, 0.25) is 0 Å². The minimum Gasteiger partial charge on any atom is -0.479 e. The third kappa shape index (κ3) is 4.26. The molecule has 0 aromatic heterocycles. The highest BCUT2D eigenvalue weighted by Gasteiger charge is 2.30. The van der Waals surface area contributed by atoms with Gasteiger partial charge in [0.15, 0.2) is 6.10 Å². The summed E-state index contributed by atoms with van der Waals surface area (Å²) in [7, 11) is 0. The molecule has 18 heavy (non-hydrogen) atoms. The minimum absolute atomic E-state index is 0.259. The zero-order chi connectivity index (χ0) is 13.8. The van der Waals surface area contributed by atoms with Crippen molar-refractivity contribution in [3.63, 3.8) is 0 Å². The third-order valence-corrected chi connectivity index (χ3v) is 2.66. The highest BCUT2D eigenvalue weighted by molar-refractivity contribution is 5.75. The molecule has 0 bridgehead atoms. The van der Waals surface area contributed by atoms with Gasteiger partial charge in [-0.05, 0) is 26.7 Å². The molecule has 0 aromatic carbocycles. The first-order chi connectivity index (χ1) is 8.34.